The molecule has 90 valence electrons. The summed E-state index contributed by atoms with van der Waals surface area (Å²) in [5.41, 5.74) is 0.733. The third-order valence-corrected chi connectivity index (χ3v) is 3.64. The van der Waals surface area contributed by atoms with E-state index in [1.165, 1.54) is 4.57 Å². The van der Waals surface area contributed by atoms with Gasteiger partial charge in [-0.25, -0.2) is 0 Å². The number of hydrogen-bond acceptors (Lipinski definition) is 3. The van der Waals surface area contributed by atoms with Crippen LogP contribution in [0.2, 0.25) is 0 Å². The van der Waals surface area contributed by atoms with Crippen molar-refractivity contribution in [1.29, 1.82) is 0 Å². The van der Waals surface area contributed by atoms with Crippen molar-refractivity contribution in [3.63, 3.8) is 0 Å². The standard InChI is InChI=1S/C11H18N2O2S/c1-7(2)5-6-12-10(14)9-8(3)13(4)11(15)16-9/h7H,5-6H2,1-4H3,(H,12,14). The molecule has 1 rings (SSSR count). The third-order valence-electron chi connectivity index (χ3n) is 2.51. The summed E-state index contributed by atoms with van der Waals surface area (Å²) < 4.78 is 1.50. The molecule has 1 N–H and O–H groups in total. The molecule has 0 aliphatic rings. The zero-order chi connectivity index (χ0) is 12.3. The van der Waals surface area contributed by atoms with Crippen LogP contribution in [0.5, 0.6) is 0 Å². The van der Waals surface area contributed by atoms with Gasteiger partial charge in [-0.15, -0.1) is 0 Å². The normalized spacial score (nSPS) is 10.8. The maximum atomic E-state index is 11.8. The van der Waals surface area contributed by atoms with Crippen molar-refractivity contribution in [2.45, 2.75) is 27.2 Å². The summed E-state index contributed by atoms with van der Waals surface area (Å²) in [6.07, 6.45) is 0.951. The fourth-order valence-electron chi connectivity index (χ4n) is 1.28. The van der Waals surface area contributed by atoms with E-state index < -0.39 is 0 Å². The summed E-state index contributed by atoms with van der Waals surface area (Å²) in [5, 5.41) is 2.83. The second kappa shape index (κ2) is 5.30. The highest BCUT2D eigenvalue weighted by atomic mass is 32.1. The Bertz CT molecular complexity index is 432. The van der Waals surface area contributed by atoms with Gasteiger partial charge < -0.3 is 9.88 Å². The van der Waals surface area contributed by atoms with Crippen LogP contribution in [0.15, 0.2) is 4.79 Å². The van der Waals surface area contributed by atoms with Crippen LogP contribution < -0.4 is 10.2 Å². The Morgan fingerprint density at radius 1 is 1.50 bits per heavy atom. The largest absolute Gasteiger partial charge is 0.351 e. The number of carbonyl (C=O) groups excluding carboxylic acids is 1. The van der Waals surface area contributed by atoms with E-state index in [1.54, 1.807) is 14.0 Å². The summed E-state index contributed by atoms with van der Waals surface area (Å²) in [4.78, 5) is 23.5. The first kappa shape index (κ1) is 13.0. The van der Waals surface area contributed by atoms with Crippen molar-refractivity contribution in [2.24, 2.45) is 13.0 Å². The monoisotopic (exact) mass is 242 g/mol. The topological polar surface area (TPSA) is 51.1 Å². The smallest absolute Gasteiger partial charge is 0.307 e. The summed E-state index contributed by atoms with van der Waals surface area (Å²) in [6.45, 7) is 6.66. The molecule has 0 spiro atoms. The number of aromatic nitrogens is 1. The van der Waals surface area contributed by atoms with Crippen molar-refractivity contribution in [3.05, 3.63) is 20.2 Å². The van der Waals surface area contributed by atoms with Gasteiger partial charge in [0, 0.05) is 19.3 Å². The van der Waals surface area contributed by atoms with E-state index >= 15 is 0 Å². The molecule has 0 fully saturated rings. The molecular formula is C11H18N2O2S. The minimum atomic E-state index is -0.138. The summed E-state index contributed by atoms with van der Waals surface area (Å²) in [6, 6.07) is 0. The Kier molecular flexibility index (Phi) is 4.29. The maximum absolute atomic E-state index is 11.8. The predicted molar refractivity (Wildman–Crippen MR) is 66.1 cm³/mol. The molecule has 4 nitrogen and oxygen atoms in total. The van der Waals surface area contributed by atoms with Crippen molar-refractivity contribution < 1.29 is 4.79 Å². The van der Waals surface area contributed by atoms with Crippen LogP contribution >= 0.6 is 11.3 Å². The fourth-order valence-corrected chi connectivity index (χ4v) is 2.18. The number of carbonyl (C=O) groups is 1. The lowest BCUT2D eigenvalue weighted by atomic mass is 10.1. The van der Waals surface area contributed by atoms with E-state index in [-0.39, 0.29) is 10.8 Å². The third kappa shape index (κ3) is 2.95. The van der Waals surface area contributed by atoms with Gasteiger partial charge in [-0.2, -0.15) is 0 Å². The molecule has 0 saturated heterocycles. The highest BCUT2D eigenvalue weighted by Gasteiger charge is 2.15. The first-order valence-electron chi connectivity index (χ1n) is 5.38. The van der Waals surface area contributed by atoms with Gasteiger partial charge in [0.2, 0.25) is 0 Å². The van der Waals surface area contributed by atoms with Gasteiger partial charge in [-0.3, -0.25) is 9.59 Å². The van der Waals surface area contributed by atoms with E-state index in [1.807, 2.05) is 0 Å². The molecule has 0 aliphatic carbocycles. The molecule has 1 heterocycles. The van der Waals surface area contributed by atoms with Crippen LogP contribution in [0.25, 0.3) is 0 Å². The molecule has 1 aromatic rings. The molecule has 0 saturated carbocycles. The Hall–Kier alpha value is -1.10. The van der Waals surface area contributed by atoms with Gasteiger partial charge in [-0.05, 0) is 19.3 Å². The molecular weight excluding hydrogens is 224 g/mol. The van der Waals surface area contributed by atoms with E-state index in [2.05, 4.69) is 19.2 Å². The van der Waals surface area contributed by atoms with Gasteiger partial charge in [0.25, 0.3) is 5.91 Å². The quantitative estimate of drug-likeness (QED) is 0.870. The minimum Gasteiger partial charge on any atom is -0.351 e. The Morgan fingerprint density at radius 3 is 2.56 bits per heavy atom. The van der Waals surface area contributed by atoms with Crippen LogP contribution in [-0.2, 0) is 7.05 Å². The van der Waals surface area contributed by atoms with Crippen LogP contribution in [0.3, 0.4) is 0 Å². The first-order chi connectivity index (χ1) is 7.43. The Morgan fingerprint density at radius 2 is 2.12 bits per heavy atom. The number of thiazole rings is 1. The Labute approximate surface area is 99.3 Å². The van der Waals surface area contributed by atoms with E-state index in [9.17, 15) is 9.59 Å². The molecule has 0 unspecified atom stereocenters. The molecule has 16 heavy (non-hydrogen) atoms. The average Bonchev–Trinajstić information content (AvgIpc) is 2.45. The number of hydrogen-bond donors (Lipinski definition) is 1. The van der Waals surface area contributed by atoms with Crippen molar-refractivity contribution in [1.82, 2.24) is 9.88 Å². The van der Waals surface area contributed by atoms with Crippen LogP contribution in [0, 0.1) is 12.8 Å². The van der Waals surface area contributed by atoms with Gasteiger partial charge in [0.15, 0.2) is 0 Å². The van der Waals surface area contributed by atoms with Gasteiger partial charge >= 0.3 is 4.87 Å². The predicted octanol–water partition coefficient (Wildman–Crippen LogP) is 1.53. The molecule has 0 radical (unpaired) electrons. The van der Waals surface area contributed by atoms with Crippen LogP contribution in [0.1, 0.15) is 35.6 Å². The van der Waals surface area contributed by atoms with Gasteiger partial charge in [0.05, 0.1) is 0 Å². The lowest BCUT2D eigenvalue weighted by molar-refractivity contribution is 0.0955. The first-order valence-corrected chi connectivity index (χ1v) is 6.19. The second-order valence-corrected chi connectivity index (χ2v) is 5.24. The van der Waals surface area contributed by atoms with Crippen molar-refractivity contribution in [2.75, 3.05) is 6.54 Å². The molecule has 0 bridgehead atoms. The fraction of sp³-hybridized carbons (Fsp3) is 0.636. The zero-order valence-electron chi connectivity index (χ0n) is 10.2. The number of nitrogens with one attached hydrogen (secondary N) is 1. The molecule has 0 aliphatic heterocycles. The SMILES string of the molecule is Cc1c(C(=O)NCCC(C)C)sc(=O)n1C. The minimum absolute atomic E-state index is 0.0912. The molecule has 0 atom stereocenters. The lowest BCUT2D eigenvalue weighted by Crippen LogP contribution is -2.25. The number of nitrogens with zero attached hydrogens (tertiary/aromatic N) is 1. The summed E-state index contributed by atoms with van der Waals surface area (Å²) in [5.74, 6) is 0.428. The highest BCUT2D eigenvalue weighted by Crippen LogP contribution is 2.10. The van der Waals surface area contributed by atoms with Gasteiger partial charge in [-0.1, -0.05) is 25.2 Å². The Balaban J connectivity index is 2.67. The zero-order valence-corrected chi connectivity index (χ0v) is 11.0. The van der Waals surface area contributed by atoms with Crippen molar-refractivity contribution in [3.8, 4) is 0 Å². The summed E-state index contributed by atoms with van der Waals surface area (Å²) in [7, 11) is 1.68. The lowest BCUT2D eigenvalue weighted by Gasteiger charge is -2.06. The second-order valence-electron chi connectivity index (χ2n) is 4.28. The maximum Gasteiger partial charge on any atom is 0.307 e. The average molecular weight is 242 g/mol. The van der Waals surface area contributed by atoms with E-state index in [0.717, 1.165) is 23.5 Å². The molecule has 5 heteroatoms. The van der Waals surface area contributed by atoms with Gasteiger partial charge in [0.1, 0.15) is 4.88 Å². The van der Waals surface area contributed by atoms with Crippen LogP contribution in [-0.4, -0.2) is 17.0 Å². The number of rotatable bonds is 4. The summed E-state index contributed by atoms with van der Waals surface area (Å²) >= 11 is 1.00. The highest BCUT2D eigenvalue weighted by molar-refractivity contribution is 7.11. The van der Waals surface area contributed by atoms with E-state index in [0.29, 0.717) is 17.3 Å². The van der Waals surface area contributed by atoms with E-state index in [4.69, 9.17) is 0 Å². The van der Waals surface area contributed by atoms with Crippen molar-refractivity contribution >= 4 is 17.2 Å². The van der Waals surface area contributed by atoms with Crippen LogP contribution in [0.4, 0.5) is 0 Å². The molecule has 1 amide bonds. The molecule has 0 aromatic carbocycles. The molecule has 1 aromatic heterocycles. The number of amides is 1.